The Morgan fingerprint density at radius 3 is 2.89 bits per heavy atom. The van der Waals surface area contributed by atoms with E-state index in [0.29, 0.717) is 23.4 Å². The number of hydrogen-bond acceptors (Lipinski definition) is 4. The van der Waals surface area contributed by atoms with Crippen molar-refractivity contribution in [3.8, 4) is 11.8 Å². The van der Waals surface area contributed by atoms with Crippen LogP contribution >= 0.6 is 0 Å². The van der Waals surface area contributed by atoms with Crippen LogP contribution in [0.5, 0.6) is 5.75 Å². The Kier molecular flexibility index (Phi) is 3.83. The van der Waals surface area contributed by atoms with E-state index < -0.39 is 0 Å². The average Bonchev–Trinajstić information content (AvgIpc) is 2.85. The minimum atomic E-state index is -0.258. The molecule has 1 aromatic rings. The van der Waals surface area contributed by atoms with Crippen molar-refractivity contribution in [2.45, 2.75) is 12.5 Å². The first-order valence-electron chi connectivity index (χ1n) is 5.97. The molecule has 0 saturated carbocycles. The summed E-state index contributed by atoms with van der Waals surface area (Å²) in [7, 11) is 1.50. The Morgan fingerprint density at radius 2 is 2.32 bits per heavy atom. The van der Waals surface area contributed by atoms with Crippen LogP contribution < -0.4 is 15.8 Å². The summed E-state index contributed by atoms with van der Waals surface area (Å²) >= 11 is 0. The number of anilines is 1. The maximum Gasteiger partial charge on any atom is 0.231 e. The van der Waals surface area contributed by atoms with E-state index in [1.165, 1.54) is 7.11 Å². The van der Waals surface area contributed by atoms with E-state index in [1.807, 2.05) is 12.1 Å². The van der Waals surface area contributed by atoms with Crippen molar-refractivity contribution in [2.24, 2.45) is 11.7 Å². The molecule has 2 unspecified atom stereocenters. The highest BCUT2D eigenvalue weighted by atomic mass is 16.5. The van der Waals surface area contributed by atoms with Crippen LogP contribution in [-0.4, -0.2) is 19.1 Å². The van der Waals surface area contributed by atoms with Gasteiger partial charge in [-0.15, -0.1) is 0 Å². The number of ether oxygens (including phenoxy) is 1. The summed E-state index contributed by atoms with van der Waals surface area (Å²) in [4.78, 5) is 12.1. The van der Waals surface area contributed by atoms with Gasteiger partial charge in [-0.3, -0.25) is 4.79 Å². The molecule has 0 bridgehead atoms. The Hall–Kier alpha value is -2.32. The standard InChI is InChI=1S/C14H15N3O2/c1-19-12-4-2-3-10(8-15)13(12)17-14(18)9-5-6-11(16)7-9/h2-6,9,11H,7,16H2,1H3,(H,17,18). The van der Waals surface area contributed by atoms with Gasteiger partial charge in [0.1, 0.15) is 17.5 Å². The van der Waals surface area contributed by atoms with Crippen LogP contribution in [0.2, 0.25) is 0 Å². The van der Waals surface area contributed by atoms with Crippen molar-refractivity contribution in [3.05, 3.63) is 35.9 Å². The lowest BCUT2D eigenvalue weighted by Crippen LogP contribution is -2.24. The second kappa shape index (κ2) is 5.55. The lowest BCUT2D eigenvalue weighted by Gasteiger charge is -2.14. The topological polar surface area (TPSA) is 88.1 Å². The van der Waals surface area contributed by atoms with Crippen LogP contribution in [0.25, 0.3) is 0 Å². The molecule has 2 atom stereocenters. The number of carbonyl (C=O) groups is 1. The maximum absolute atomic E-state index is 12.1. The molecular weight excluding hydrogens is 242 g/mol. The van der Waals surface area contributed by atoms with Gasteiger partial charge in [0.15, 0.2) is 0 Å². The number of hydrogen-bond donors (Lipinski definition) is 2. The number of benzene rings is 1. The van der Waals surface area contributed by atoms with Crippen LogP contribution in [0.15, 0.2) is 30.4 Å². The number of carbonyl (C=O) groups excluding carboxylic acids is 1. The molecule has 0 heterocycles. The summed E-state index contributed by atoms with van der Waals surface area (Å²) < 4.78 is 5.16. The quantitative estimate of drug-likeness (QED) is 0.801. The van der Waals surface area contributed by atoms with Crippen molar-refractivity contribution in [2.75, 3.05) is 12.4 Å². The predicted octanol–water partition coefficient (Wildman–Crippen LogP) is 1.41. The number of nitrogens with one attached hydrogen (secondary N) is 1. The molecule has 1 aromatic carbocycles. The third kappa shape index (κ3) is 2.75. The number of nitrogens with zero attached hydrogens (tertiary/aromatic N) is 1. The predicted molar refractivity (Wildman–Crippen MR) is 71.6 cm³/mol. The Morgan fingerprint density at radius 1 is 1.53 bits per heavy atom. The molecule has 0 saturated heterocycles. The SMILES string of the molecule is COc1cccc(C#N)c1NC(=O)C1C=CC(N)C1. The van der Waals surface area contributed by atoms with Gasteiger partial charge < -0.3 is 15.8 Å². The lowest BCUT2D eigenvalue weighted by atomic mass is 10.1. The molecule has 98 valence electrons. The molecule has 0 aliphatic heterocycles. The van der Waals surface area contributed by atoms with E-state index in [1.54, 1.807) is 24.3 Å². The van der Waals surface area contributed by atoms with Crippen molar-refractivity contribution < 1.29 is 9.53 Å². The molecule has 2 rings (SSSR count). The Balaban J connectivity index is 2.21. The molecule has 0 fully saturated rings. The van der Waals surface area contributed by atoms with E-state index in [2.05, 4.69) is 5.32 Å². The number of rotatable bonds is 3. The highest BCUT2D eigenvalue weighted by Gasteiger charge is 2.24. The molecule has 1 aliphatic carbocycles. The van der Waals surface area contributed by atoms with Crippen LogP contribution in [0.1, 0.15) is 12.0 Å². The molecule has 0 aromatic heterocycles. The lowest BCUT2D eigenvalue weighted by molar-refractivity contribution is -0.118. The van der Waals surface area contributed by atoms with E-state index in [0.717, 1.165) is 0 Å². The Bertz CT molecular complexity index is 560. The normalized spacial score (nSPS) is 20.9. The first-order valence-corrected chi connectivity index (χ1v) is 5.97. The van der Waals surface area contributed by atoms with Gasteiger partial charge in [-0.2, -0.15) is 5.26 Å². The number of nitriles is 1. The van der Waals surface area contributed by atoms with Crippen molar-refractivity contribution in [1.29, 1.82) is 5.26 Å². The molecule has 1 aliphatic rings. The van der Waals surface area contributed by atoms with E-state index in [9.17, 15) is 4.79 Å². The first kappa shape index (κ1) is 13.1. The summed E-state index contributed by atoms with van der Waals surface area (Å²) in [6, 6.07) is 7.00. The highest BCUT2D eigenvalue weighted by molar-refractivity contribution is 5.96. The van der Waals surface area contributed by atoms with Crippen molar-refractivity contribution in [3.63, 3.8) is 0 Å². The van der Waals surface area contributed by atoms with E-state index >= 15 is 0 Å². The molecule has 5 nitrogen and oxygen atoms in total. The minimum absolute atomic E-state index is 0.0798. The molecular formula is C14H15N3O2. The molecule has 5 heteroatoms. The maximum atomic E-state index is 12.1. The monoisotopic (exact) mass is 257 g/mol. The van der Waals surface area contributed by atoms with Crippen LogP contribution in [-0.2, 0) is 4.79 Å². The van der Waals surface area contributed by atoms with E-state index in [-0.39, 0.29) is 17.9 Å². The van der Waals surface area contributed by atoms with Crippen molar-refractivity contribution in [1.82, 2.24) is 0 Å². The zero-order valence-electron chi connectivity index (χ0n) is 10.6. The largest absolute Gasteiger partial charge is 0.495 e. The zero-order valence-corrected chi connectivity index (χ0v) is 10.6. The van der Waals surface area contributed by atoms with Crippen molar-refractivity contribution >= 4 is 11.6 Å². The van der Waals surface area contributed by atoms with Gasteiger partial charge in [0.2, 0.25) is 5.91 Å². The van der Waals surface area contributed by atoms with E-state index in [4.69, 9.17) is 15.7 Å². The third-order valence-electron chi connectivity index (χ3n) is 3.07. The summed E-state index contributed by atoms with van der Waals surface area (Å²) in [6.45, 7) is 0. The molecule has 1 amide bonds. The second-order valence-electron chi connectivity index (χ2n) is 4.37. The van der Waals surface area contributed by atoms with Crippen LogP contribution in [0.3, 0.4) is 0 Å². The van der Waals surface area contributed by atoms with Gasteiger partial charge in [0, 0.05) is 6.04 Å². The second-order valence-corrected chi connectivity index (χ2v) is 4.37. The molecule has 3 N–H and O–H groups in total. The van der Waals surface area contributed by atoms with Crippen LogP contribution in [0, 0.1) is 17.2 Å². The third-order valence-corrected chi connectivity index (χ3v) is 3.07. The minimum Gasteiger partial charge on any atom is -0.495 e. The number of amides is 1. The van der Waals surface area contributed by atoms with Gasteiger partial charge in [-0.25, -0.2) is 0 Å². The summed E-state index contributed by atoms with van der Waals surface area (Å²) in [5, 5.41) is 11.8. The fourth-order valence-corrected chi connectivity index (χ4v) is 2.06. The zero-order chi connectivity index (χ0) is 13.8. The molecule has 0 radical (unpaired) electrons. The van der Waals surface area contributed by atoms with Crippen LogP contribution in [0.4, 0.5) is 5.69 Å². The molecule has 0 spiro atoms. The number of para-hydroxylation sites is 1. The molecule has 19 heavy (non-hydrogen) atoms. The van der Waals surface area contributed by atoms with Gasteiger partial charge in [-0.1, -0.05) is 18.2 Å². The summed E-state index contributed by atoms with van der Waals surface area (Å²) in [5.41, 5.74) is 6.51. The van der Waals surface area contributed by atoms with Gasteiger partial charge >= 0.3 is 0 Å². The average molecular weight is 257 g/mol. The number of nitrogens with two attached hydrogens (primary N) is 1. The van der Waals surface area contributed by atoms with Gasteiger partial charge in [-0.05, 0) is 18.6 Å². The summed E-state index contributed by atoms with van der Waals surface area (Å²) in [6.07, 6.45) is 4.20. The highest BCUT2D eigenvalue weighted by Crippen LogP contribution is 2.29. The number of methoxy groups -OCH3 is 1. The van der Waals surface area contributed by atoms with Gasteiger partial charge in [0.05, 0.1) is 18.6 Å². The van der Waals surface area contributed by atoms with Gasteiger partial charge in [0.25, 0.3) is 0 Å². The Labute approximate surface area is 111 Å². The fourth-order valence-electron chi connectivity index (χ4n) is 2.06. The first-order chi connectivity index (χ1) is 9.15. The summed E-state index contributed by atoms with van der Waals surface area (Å²) in [5.74, 6) is 0.0373. The smallest absolute Gasteiger partial charge is 0.231 e. The fraction of sp³-hybridized carbons (Fsp3) is 0.286.